The summed E-state index contributed by atoms with van der Waals surface area (Å²) in [5, 5.41) is 8.65. The Kier molecular flexibility index (Phi) is 3.25. The van der Waals surface area contributed by atoms with Crippen LogP contribution in [0.2, 0.25) is 0 Å². The number of aliphatic hydroxyl groups excluding tert-OH is 1. The Morgan fingerprint density at radius 2 is 2.33 bits per heavy atom. The first-order chi connectivity index (χ1) is 5.77. The molecule has 68 valence electrons. The Hall–Kier alpha value is -0.870. The summed E-state index contributed by atoms with van der Waals surface area (Å²) in [6.45, 7) is -0.612. The lowest BCUT2D eigenvalue weighted by Gasteiger charge is -2.04. The topological polar surface area (TPSA) is 59.4 Å². The Morgan fingerprint density at radius 3 is 2.83 bits per heavy atom. The van der Waals surface area contributed by atoms with Crippen LogP contribution >= 0.6 is 0 Å². The van der Waals surface area contributed by atoms with Crippen LogP contribution in [0.4, 0.5) is 4.39 Å². The molecule has 0 aliphatic rings. The molecule has 0 unspecified atom stereocenters. The quantitative estimate of drug-likeness (QED) is 0.717. The van der Waals surface area contributed by atoms with E-state index in [0.717, 1.165) is 0 Å². The molecule has 1 aromatic heterocycles. The van der Waals surface area contributed by atoms with E-state index in [-0.39, 0.29) is 13.0 Å². The number of hydrogen-bond donors (Lipinski definition) is 2. The number of nitrogens with two attached hydrogens (primary N) is 1. The second-order valence-electron chi connectivity index (χ2n) is 2.55. The minimum atomic E-state index is -0.462. The van der Waals surface area contributed by atoms with Gasteiger partial charge in [0.2, 0.25) is 0 Å². The molecule has 12 heavy (non-hydrogen) atoms. The van der Waals surface area contributed by atoms with E-state index in [9.17, 15) is 4.39 Å². The Balaban J connectivity index is 2.61. The lowest BCUT2D eigenvalue weighted by molar-refractivity contribution is 0.240. The maximum Gasteiger partial charge on any atom is 0.129 e. The van der Waals surface area contributed by atoms with Crippen LogP contribution in [0.15, 0.2) is 16.5 Å². The zero-order chi connectivity index (χ0) is 8.97. The van der Waals surface area contributed by atoms with Crippen molar-refractivity contribution in [3.63, 3.8) is 0 Å². The molecule has 0 fully saturated rings. The SMILES string of the molecule is N[C@@H](CCF)c1ccc(CO)o1. The van der Waals surface area contributed by atoms with E-state index in [1.807, 2.05) is 0 Å². The van der Waals surface area contributed by atoms with Gasteiger partial charge in [0.25, 0.3) is 0 Å². The molecule has 1 atom stereocenters. The number of rotatable bonds is 4. The van der Waals surface area contributed by atoms with Gasteiger partial charge in [0.05, 0.1) is 12.7 Å². The van der Waals surface area contributed by atoms with Crippen LogP contribution in [0.1, 0.15) is 24.0 Å². The van der Waals surface area contributed by atoms with Crippen molar-refractivity contribution in [1.29, 1.82) is 0 Å². The highest BCUT2D eigenvalue weighted by atomic mass is 19.1. The minimum Gasteiger partial charge on any atom is -0.462 e. The number of hydrogen-bond acceptors (Lipinski definition) is 3. The molecular formula is C8H12FNO2. The average Bonchev–Trinajstić information content (AvgIpc) is 2.52. The number of furan rings is 1. The second-order valence-corrected chi connectivity index (χ2v) is 2.55. The van der Waals surface area contributed by atoms with Crippen LogP contribution in [0.25, 0.3) is 0 Å². The first kappa shape index (κ1) is 9.22. The van der Waals surface area contributed by atoms with Crippen molar-refractivity contribution in [3.8, 4) is 0 Å². The van der Waals surface area contributed by atoms with Crippen LogP contribution < -0.4 is 5.73 Å². The highest BCUT2D eigenvalue weighted by Crippen LogP contribution is 2.17. The van der Waals surface area contributed by atoms with Crippen molar-refractivity contribution in [3.05, 3.63) is 23.7 Å². The summed E-state index contributed by atoms with van der Waals surface area (Å²) in [7, 11) is 0. The first-order valence-corrected chi connectivity index (χ1v) is 3.79. The van der Waals surface area contributed by atoms with Gasteiger partial charge in [-0.15, -0.1) is 0 Å². The van der Waals surface area contributed by atoms with Gasteiger partial charge < -0.3 is 15.3 Å². The molecule has 0 aliphatic carbocycles. The monoisotopic (exact) mass is 173 g/mol. The summed E-state index contributed by atoms with van der Waals surface area (Å²) in [5.41, 5.74) is 5.56. The molecule has 1 aromatic rings. The van der Waals surface area contributed by atoms with E-state index >= 15 is 0 Å². The van der Waals surface area contributed by atoms with Crippen molar-refractivity contribution >= 4 is 0 Å². The molecule has 1 rings (SSSR count). The van der Waals surface area contributed by atoms with Crippen LogP contribution in [-0.4, -0.2) is 11.8 Å². The zero-order valence-electron chi connectivity index (χ0n) is 6.66. The van der Waals surface area contributed by atoms with E-state index in [4.69, 9.17) is 15.3 Å². The smallest absolute Gasteiger partial charge is 0.129 e. The van der Waals surface area contributed by atoms with Crippen molar-refractivity contribution in [1.82, 2.24) is 0 Å². The molecule has 0 aliphatic heterocycles. The highest BCUT2D eigenvalue weighted by molar-refractivity contribution is 5.09. The van der Waals surface area contributed by atoms with Gasteiger partial charge >= 0.3 is 0 Å². The Bertz CT molecular complexity index is 237. The van der Waals surface area contributed by atoms with E-state index in [2.05, 4.69) is 0 Å². The van der Waals surface area contributed by atoms with Crippen LogP contribution in [0.5, 0.6) is 0 Å². The third kappa shape index (κ3) is 2.06. The zero-order valence-corrected chi connectivity index (χ0v) is 6.66. The molecule has 0 aromatic carbocycles. The van der Waals surface area contributed by atoms with Crippen LogP contribution in [0, 0.1) is 0 Å². The lowest BCUT2D eigenvalue weighted by atomic mass is 10.2. The number of halogens is 1. The average molecular weight is 173 g/mol. The number of aliphatic hydroxyl groups is 1. The Morgan fingerprint density at radius 1 is 1.58 bits per heavy atom. The molecule has 0 radical (unpaired) electrons. The normalized spacial score (nSPS) is 13.2. The van der Waals surface area contributed by atoms with Gasteiger partial charge in [-0.3, -0.25) is 4.39 Å². The lowest BCUT2D eigenvalue weighted by Crippen LogP contribution is -2.09. The predicted octanol–water partition coefficient (Wildman–Crippen LogP) is 1.13. The standard InChI is InChI=1S/C8H12FNO2/c9-4-3-7(10)8-2-1-6(5-11)12-8/h1-2,7,11H,3-5,10H2/t7-/m0/s1. The third-order valence-electron chi connectivity index (χ3n) is 1.62. The van der Waals surface area contributed by atoms with E-state index in [0.29, 0.717) is 11.5 Å². The molecule has 0 bridgehead atoms. The third-order valence-corrected chi connectivity index (χ3v) is 1.62. The fourth-order valence-corrected chi connectivity index (χ4v) is 0.939. The summed E-state index contributed by atoms with van der Waals surface area (Å²) >= 11 is 0. The maximum atomic E-state index is 11.8. The molecule has 3 nitrogen and oxygen atoms in total. The van der Waals surface area contributed by atoms with Gasteiger partial charge in [-0.2, -0.15) is 0 Å². The van der Waals surface area contributed by atoms with E-state index < -0.39 is 12.7 Å². The van der Waals surface area contributed by atoms with Crippen LogP contribution in [0.3, 0.4) is 0 Å². The summed E-state index contributed by atoms with van der Waals surface area (Å²) in [6.07, 6.45) is 0.248. The molecule has 1 heterocycles. The van der Waals surface area contributed by atoms with Crippen molar-refractivity contribution in [2.45, 2.75) is 19.1 Å². The minimum absolute atomic E-state index is 0.150. The van der Waals surface area contributed by atoms with E-state index in [1.54, 1.807) is 12.1 Å². The molecule has 0 amide bonds. The van der Waals surface area contributed by atoms with Gasteiger partial charge in [0.15, 0.2) is 0 Å². The molecule has 4 heteroatoms. The van der Waals surface area contributed by atoms with Gasteiger partial charge in [-0.1, -0.05) is 0 Å². The molecule has 0 saturated carbocycles. The van der Waals surface area contributed by atoms with Gasteiger partial charge in [0.1, 0.15) is 18.1 Å². The fraction of sp³-hybridized carbons (Fsp3) is 0.500. The number of alkyl halides is 1. The first-order valence-electron chi connectivity index (χ1n) is 3.79. The van der Waals surface area contributed by atoms with Crippen LogP contribution in [-0.2, 0) is 6.61 Å². The van der Waals surface area contributed by atoms with Gasteiger partial charge in [-0.25, -0.2) is 0 Å². The van der Waals surface area contributed by atoms with Gasteiger partial charge in [-0.05, 0) is 18.6 Å². The highest BCUT2D eigenvalue weighted by Gasteiger charge is 2.09. The summed E-state index contributed by atoms with van der Waals surface area (Å²) in [4.78, 5) is 0. The van der Waals surface area contributed by atoms with Gasteiger partial charge in [0, 0.05) is 0 Å². The molecular weight excluding hydrogens is 161 g/mol. The Labute approximate surface area is 70.0 Å². The molecule has 3 N–H and O–H groups in total. The van der Waals surface area contributed by atoms with Crippen molar-refractivity contribution < 1.29 is 13.9 Å². The van der Waals surface area contributed by atoms with Crippen molar-refractivity contribution in [2.75, 3.05) is 6.67 Å². The molecule has 0 saturated heterocycles. The largest absolute Gasteiger partial charge is 0.462 e. The predicted molar refractivity (Wildman–Crippen MR) is 42.2 cm³/mol. The summed E-state index contributed by atoms with van der Waals surface area (Å²) < 4.78 is 17.0. The fourth-order valence-electron chi connectivity index (χ4n) is 0.939. The second kappa shape index (κ2) is 4.23. The van der Waals surface area contributed by atoms with E-state index in [1.165, 1.54) is 0 Å². The molecule has 0 spiro atoms. The van der Waals surface area contributed by atoms with Crippen molar-refractivity contribution in [2.24, 2.45) is 5.73 Å². The summed E-state index contributed by atoms with van der Waals surface area (Å²) in [6, 6.07) is 2.88. The summed E-state index contributed by atoms with van der Waals surface area (Å²) in [5.74, 6) is 0.982. The maximum absolute atomic E-state index is 11.8.